The van der Waals surface area contributed by atoms with Crippen molar-refractivity contribution >= 4 is 5.91 Å². The van der Waals surface area contributed by atoms with Crippen LogP contribution < -0.4 is 5.73 Å². The largest absolute Gasteiger partial charge is 0.340 e. The minimum absolute atomic E-state index is 0.108. The van der Waals surface area contributed by atoms with Crippen LogP contribution >= 0.6 is 0 Å². The molecular formula is C13H25N3O. The van der Waals surface area contributed by atoms with E-state index in [-0.39, 0.29) is 11.9 Å². The Labute approximate surface area is 104 Å². The molecule has 1 saturated heterocycles. The fourth-order valence-corrected chi connectivity index (χ4v) is 2.56. The van der Waals surface area contributed by atoms with E-state index in [1.165, 1.54) is 19.3 Å². The van der Waals surface area contributed by atoms with Gasteiger partial charge in [-0.15, -0.1) is 0 Å². The predicted octanol–water partition coefficient (Wildman–Crippen LogP) is 0.668. The lowest BCUT2D eigenvalue weighted by Crippen LogP contribution is -2.49. The second-order valence-corrected chi connectivity index (χ2v) is 5.43. The smallest absolute Gasteiger partial charge is 0.224 e. The summed E-state index contributed by atoms with van der Waals surface area (Å²) in [6.07, 6.45) is 4.19. The maximum Gasteiger partial charge on any atom is 0.224 e. The highest BCUT2D eigenvalue weighted by molar-refractivity contribution is 5.77. The SMILES string of the molecule is CCCN1CCN(C(=O)CC(N)C2CC2)CC1. The fraction of sp³-hybridized carbons (Fsp3) is 0.923. The fourth-order valence-electron chi connectivity index (χ4n) is 2.56. The second kappa shape index (κ2) is 5.83. The van der Waals surface area contributed by atoms with E-state index in [1.807, 2.05) is 4.90 Å². The summed E-state index contributed by atoms with van der Waals surface area (Å²) < 4.78 is 0. The van der Waals surface area contributed by atoms with Gasteiger partial charge in [-0.2, -0.15) is 0 Å². The molecule has 2 fully saturated rings. The predicted molar refractivity (Wildman–Crippen MR) is 68.6 cm³/mol. The Morgan fingerprint density at radius 2 is 1.94 bits per heavy atom. The normalized spacial score (nSPS) is 23.8. The Morgan fingerprint density at radius 1 is 1.29 bits per heavy atom. The van der Waals surface area contributed by atoms with Crippen molar-refractivity contribution in [1.29, 1.82) is 0 Å². The number of carbonyl (C=O) groups excluding carboxylic acids is 1. The Hall–Kier alpha value is -0.610. The standard InChI is InChI=1S/C13H25N3O/c1-2-5-15-6-8-16(9-7-15)13(17)10-12(14)11-3-4-11/h11-12H,2-10,14H2,1H3. The van der Waals surface area contributed by atoms with Crippen LogP contribution in [0, 0.1) is 5.92 Å². The van der Waals surface area contributed by atoms with Crippen LogP contribution in [-0.2, 0) is 4.79 Å². The van der Waals surface area contributed by atoms with E-state index in [2.05, 4.69) is 11.8 Å². The molecular weight excluding hydrogens is 214 g/mol. The first-order chi connectivity index (χ1) is 8.20. The number of amides is 1. The van der Waals surface area contributed by atoms with Gasteiger partial charge in [-0.05, 0) is 31.7 Å². The Kier molecular flexibility index (Phi) is 4.40. The van der Waals surface area contributed by atoms with Gasteiger partial charge in [0.15, 0.2) is 0 Å². The Bertz CT molecular complexity index is 257. The second-order valence-electron chi connectivity index (χ2n) is 5.43. The topological polar surface area (TPSA) is 49.6 Å². The minimum atomic E-state index is 0.108. The summed E-state index contributed by atoms with van der Waals surface area (Å²) in [4.78, 5) is 16.5. The molecule has 17 heavy (non-hydrogen) atoms. The molecule has 1 aliphatic carbocycles. The van der Waals surface area contributed by atoms with Crippen LogP contribution in [0.25, 0.3) is 0 Å². The highest BCUT2D eigenvalue weighted by Gasteiger charge is 2.31. The van der Waals surface area contributed by atoms with Gasteiger partial charge in [-0.1, -0.05) is 6.92 Å². The van der Waals surface area contributed by atoms with Gasteiger partial charge in [0, 0.05) is 38.6 Å². The van der Waals surface area contributed by atoms with Gasteiger partial charge in [0.25, 0.3) is 0 Å². The van der Waals surface area contributed by atoms with Gasteiger partial charge in [-0.3, -0.25) is 9.69 Å². The van der Waals surface area contributed by atoms with Crippen molar-refractivity contribution in [3.05, 3.63) is 0 Å². The minimum Gasteiger partial charge on any atom is -0.340 e. The van der Waals surface area contributed by atoms with E-state index in [0.717, 1.165) is 32.7 Å². The van der Waals surface area contributed by atoms with E-state index in [9.17, 15) is 4.79 Å². The lowest BCUT2D eigenvalue weighted by Gasteiger charge is -2.35. The molecule has 1 aliphatic heterocycles. The van der Waals surface area contributed by atoms with E-state index in [4.69, 9.17) is 5.73 Å². The summed E-state index contributed by atoms with van der Waals surface area (Å²) in [6.45, 7) is 7.18. The molecule has 0 aromatic carbocycles. The summed E-state index contributed by atoms with van der Waals surface area (Å²) in [6, 6.07) is 0.108. The monoisotopic (exact) mass is 239 g/mol. The first-order valence-corrected chi connectivity index (χ1v) is 6.96. The van der Waals surface area contributed by atoms with Gasteiger partial charge in [-0.25, -0.2) is 0 Å². The number of hydrogen-bond acceptors (Lipinski definition) is 3. The van der Waals surface area contributed by atoms with Crippen LogP contribution in [0.5, 0.6) is 0 Å². The van der Waals surface area contributed by atoms with Gasteiger partial charge in [0.2, 0.25) is 5.91 Å². The molecule has 0 spiro atoms. The zero-order valence-electron chi connectivity index (χ0n) is 10.9. The van der Waals surface area contributed by atoms with Crippen molar-refractivity contribution in [1.82, 2.24) is 9.80 Å². The molecule has 1 saturated carbocycles. The molecule has 4 heteroatoms. The lowest BCUT2D eigenvalue weighted by atomic mass is 10.1. The first-order valence-electron chi connectivity index (χ1n) is 6.96. The van der Waals surface area contributed by atoms with Gasteiger partial charge in [0.05, 0.1) is 0 Å². The highest BCUT2D eigenvalue weighted by atomic mass is 16.2. The van der Waals surface area contributed by atoms with Crippen LogP contribution in [0.3, 0.4) is 0 Å². The third kappa shape index (κ3) is 3.68. The van der Waals surface area contributed by atoms with Crippen LogP contribution in [0.2, 0.25) is 0 Å². The molecule has 1 unspecified atom stereocenters. The van der Waals surface area contributed by atoms with Gasteiger partial charge >= 0.3 is 0 Å². The summed E-state index contributed by atoms with van der Waals surface area (Å²) in [5, 5.41) is 0. The molecule has 0 aromatic heterocycles. The zero-order valence-corrected chi connectivity index (χ0v) is 10.9. The molecule has 4 nitrogen and oxygen atoms in total. The van der Waals surface area contributed by atoms with Crippen molar-refractivity contribution in [2.75, 3.05) is 32.7 Å². The molecule has 1 atom stereocenters. The van der Waals surface area contributed by atoms with Gasteiger partial charge < -0.3 is 10.6 Å². The lowest BCUT2D eigenvalue weighted by molar-refractivity contribution is -0.133. The number of carbonyl (C=O) groups is 1. The summed E-state index contributed by atoms with van der Waals surface area (Å²) >= 11 is 0. The van der Waals surface area contributed by atoms with Gasteiger partial charge in [0.1, 0.15) is 0 Å². The average Bonchev–Trinajstić information content (AvgIpc) is 3.14. The average molecular weight is 239 g/mol. The molecule has 0 aromatic rings. The number of hydrogen-bond donors (Lipinski definition) is 1. The maximum atomic E-state index is 12.0. The molecule has 1 heterocycles. The van der Waals surface area contributed by atoms with Crippen molar-refractivity contribution in [2.45, 2.75) is 38.6 Å². The number of piperazine rings is 1. The van der Waals surface area contributed by atoms with Crippen molar-refractivity contribution in [2.24, 2.45) is 11.7 Å². The molecule has 0 bridgehead atoms. The van der Waals surface area contributed by atoms with Crippen LogP contribution in [-0.4, -0.2) is 54.5 Å². The Morgan fingerprint density at radius 3 is 2.47 bits per heavy atom. The van der Waals surface area contributed by atoms with Crippen molar-refractivity contribution in [3.63, 3.8) is 0 Å². The van der Waals surface area contributed by atoms with E-state index >= 15 is 0 Å². The van der Waals surface area contributed by atoms with Crippen molar-refractivity contribution < 1.29 is 4.79 Å². The third-order valence-corrected chi connectivity index (χ3v) is 3.90. The van der Waals surface area contributed by atoms with Crippen molar-refractivity contribution in [3.8, 4) is 0 Å². The van der Waals surface area contributed by atoms with Crippen LogP contribution in [0.1, 0.15) is 32.6 Å². The van der Waals surface area contributed by atoms with Crippen LogP contribution in [0.15, 0.2) is 0 Å². The quantitative estimate of drug-likeness (QED) is 0.767. The summed E-state index contributed by atoms with van der Waals surface area (Å²) in [5.74, 6) is 0.890. The van der Waals surface area contributed by atoms with E-state index in [1.54, 1.807) is 0 Å². The molecule has 1 amide bonds. The molecule has 2 N–H and O–H groups in total. The molecule has 2 aliphatic rings. The number of nitrogens with zero attached hydrogens (tertiary/aromatic N) is 2. The van der Waals surface area contributed by atoms with E-state index in [0.29, 0.717) is 12.3 Å². The zero-order chi connectivity index (χ0) is 12.3. The highest BCUT2D eigenvalue weighted by Crippen LogP contribution is 2.33. The Balaban J connectivity index is 1.70. The van der Waals surface area contributed by atoms with Crippen LogP contribution in [0.4, 0.5) is 0 Å². The molecule has 0 radical (unpaired) electrons. The third-order valence-electron chi connectivity index (χ3n) is 3.90. The first kappa shape index (κ1) is 12.8. The molecule has 2 rings (SSSR count). The number of rotatable bonds is 5. The number of nitrogens with two attached hydrogens (primary N) is 1. The maximum absolute atomic E-state index is 12.0. The summed E-state index contributed by atoms with van der Waals surface area (Å²) in [5.41, 5.74) is 6.00. The van der Waals surface area contributed by atoms with E-state index < -0.39 is 0 Å². The molecule has 98 valence electrons. The summed E-state index contributed by atoms with van der Waals surface area (Å²) in [7, 11) is 0.